The summed E-state index contributed by atoms with van der Waals surface area (Å²) in [5.74, 6) is -0.338. The summed E-state index contributed by atoms with van der Waals surface area (Å²) in [7, 11) is 0. The van der Waals surface area contributed by atoms with Crippen molar-refractivity contribution in [2.45, 2.75) is 26.0 Å². The van der Waals surface area contributed by atoms with E-state index in [-0.39, 0.29) is 12.5 Å². The fourth-order valence-electron chi connectivity index (χ4n) is 4.72. The third-order valence-corrected chi connectivity index (χ3v) is 7.93. The van der Waals surface area contributed by atoms with Crippen LogP contribution in [0.15, 0.2) is 103 Å². The van der Waals surface area contributed by atoms with Gasteiger partial charge in [-0.05, 0) is 66.1 Å². The van der Waals surface area contributed by atoms with Crippen LogP contribution in [0.3, 0.4) is 0 Å². The average molecular weight is 561 g/mol. The second-order valence-corrected chi connectivity index (χ2v) is 10.9. The van der Waals surface area contributed by atoms with Gasteiger partial charge in [-0.2, -0.15) is 0 Å². The molecule has 6 aromatic rings. The predicted molar refractivity (Wildman–Crippen MR) is 164 cm³/mol. The number of fused-ring (bicyclic) bond motifs is 2. The number of thiazole rings is 1. The molecule has 2 amide bonds. The molecular weight excluding hydrogens is 532 g/mol. The van der Waals surface area contributed by atoms with Gasteiger partial charge in [0, 0.05) is 34.8 Å². The normalized spacial score (nSPS) is 11.8. The van der Waals surface area contributed by atoms with Gasteiger partial charge in [0.25, 0.3) is 0 Å². The van der Waals surface area contributed by atoms with Gasteiger partial charge in [-0.1, -0.05) is 54.6 Å². The third kappa shape index (κ3) is 6.13. The Morgan fingerprint density at radius 3 is 2.56 bits per heavy atom. The average Bonchev–Trinajstić information content (AvgIpc) is 3.60. The largest absolute Gasteiger partial charge is 0.445 e. The molecule has 2 heterocycles. The number of ether oxygens (including phenoxy) is 1. The van der Waals surface area contributed by atoms with Gasteiger partial charge in [0.1, 0.15) is 17.7 Å². The monoisotopic (exact) mass is 560 g/mol. The van der Waals surface area contributed by atoms with Gasteiger partial charge in [0.05, 0.1) is 10.2 Å². The van der Waals surface area contributed by atoms with Gasteiger partial charge in [0.2, 0.25) is 5.91 Å². The van der Waals surface area contributed by atoms with Crippen molar-refractivity contribution in [1.29, 1.82) is 0 Å². The van der Waals surface area contributed by atoms with E-state index in [0.717, 1.165) is 42.8 Å². The van der Waals surface area contributed by atoms with E-state index in [1.54, 1.807) is 11.3 Å². The van der Waals surface area contributed by atoms with E-state index in [1.165, 1.54) is 5.56 Å². The van der Waals surface area contributed by atoms with Crippen LogP contribution in [-0.2, 0) is 22.6 Å². The van der Waals surface area contributed by atoms with Crippen LogP contribution in [-0.4, -0.2) is 28.0 Å². The van der Waals surface area contributed by atoms with Crippen molar-refractivity contribution in [2.24, 2.45) is 0 Å². The zero-order valence-corrected chi connectivity index (χ0v) is 23.2. The topological polar surface area (TPSA) is 96.1 Å². The highest BCUT2D eigenvalue weighted by atomic mass is 32.1. The summed E-state index contributed by atoms with van der Waals surface area (Å²) in [4.78, 5) is 34.2. The number of amides is 2. The van der Waals surface area contributed by atoms with Crippen molar-refractivity contribution in [2.75, 3.05) is 5.32 Å². The lowest BCUT2D eigenvalue weighted by molar-refractivity contribution is -0.118. The number of carbonyl (C=O) groups is 2. The van der Waals surface area contributed by atoms with Crippen LogP contribution in [0, 0.1) is 6.92 Å². The van der Waals surface area contributed by atoms with Gasteiger partial charge in [-0.25, -0.2) is 9.78 Å². The number of nitrogens with one attached hydrogen (secondary N) is 3. The molecule has 0 bridgehead atoms. The number of anilines is 1. The molecule has 3 N–H and O–H groups in total. The zero-order valence-electron chi connectivity index (χ0n) is 22.4. The molecule has 0 aliphatic heterocycles. The molecule has 6 rings (SSSR count). The molecular formula is C33H28N4O3S. The number of alkyl carbamates (subject to hydrolysis) is 1. The molecule has 0 spiro atoms. The summed E-state index contributed by atoms with van der Waals surface area (Å²) in [5.41, 5.74) is 6.52. The second kappa shape index (κ2) is 11.7. The molecule has 0 aliphatic rings. The number of aromatic amines is 1. The molecule has 204 valence electrons. The van der Waals surface area contributed by atoms with Crippen LogP contribution in [0.5, 0.6) is 0 Å². The SMILES string of the molecule is Cc1ccc2nc(-c3ccc(NC(=O)[C@@H](Cc4c[nH]c5ccccc45)NC(=O)OCc4ccccc4)cc3)sc2c1. The Bertz CT molecular complexity index is 1830. The molecule has 0 saturated heterocycles. The Kier molecular flexibility index (Phi) is 7.47. The first-order valence-electron chi connectivity index (χ1n) is 13.3. The van der Waals surface area contributed by atoms with Crippen molar-refractivity contribution in [3.05, 3.63) is 120 Å². The number of carbonyl (C=O) groups excluding carboxylic acids is 2. The molecule has 0 radical (unpaired) electrons. The number of nitrogens with zero attached hydrogens (tertiary/aromatic N) is 1. The lowest BCUT2D eigenvalue weighted by Gasteiger charge is -2.18. The number of rotatable bonds is 8. The Morgan fingerprint density at radius 2 is 1.73 bits per heavy atom. The molecule has 41 heavy (non-hydrogen) atoms. The first kappa shape index (κ1) is 26.3. The maximum Gasteiger partial charge on any atom is 0.408 e. The first-order valence-corrected chi connectivity index (χ1v) is 14.1. The molecule has 1 atom stereocenters. The maximum absolute atomic E-state index is 13.5. The Labute approximate surface area is 241 Å². The molecule has 8 heteroatoms. The number of aromatic nitrogens is 2. The number of benzene rings is 4. The summed E-state index contributed by atoms with van der Waals surface area (Å²) < 4.78 is 6.56. The van der Waals surface area contributed by atoms with Crippen LogP contribution < -0.4 is 10.6 Å². The lowest BCUT2D eigenvalue weighted by Crippen LogP contribution is -2.45. The van der Waals surface area contributed by atoms with E-state index >= 15 is 0 Å². The fourth-order valence-corrected chi connectivity index (χ4v) is 5.79. The molecule has 7 nitrogen and oxygen atoms in total. The molecule has 0 aliphatic carbocycles. The lowest BCUT2D eigenvalue weighted by atomic mass is 10.0. The fraction of sp³-hybridized carbons (Fsp3) is 0.121. The van der Waals surface area contributed by atoms with Gasteiger partial charge in [-0.3, -0.25) is 4.79 Å². The highest BCUT2D eigenvalue weighted by Crippen LogP contribution is 2.31. The van der Waals surface area contributed by atoms with Gasteiger partial charge < -0.3 is 20.4 Å². The number of para-hydroxylation sites is 1. The van der Waals surface area contributed by atoms with E-state index in [0.29, 0.717) is 12.1 Å². The van der Waals surface area contributed by atoms with Crippen molar-refractivity contribution in [1.82, 2.24) is 15.3 Å². The summed E-state index contributed by atoms with van der Waals surface area (Å²) in [5, 5.41) is 7.65. The number of hydrogen-bond acceptors (Lipinski definition) is 5. The maximum atomic E-state index is 13.5. The highest BCUT2D eigenvalue weighted by Gasteiger charge is 2.24. The van der Waals surface area contributed by atoms with Crippen LogP contribution in [0.1, 0.15) is 16.7 Å². The van der Waals surface area contributed by atoms with E-state index in [9.17, 15) is 9.59 Å². The smallest absolute Gasteiger partial charge is 0.408 e. The summed E-state index contributed by atoms with van der Waals surface area (Å²) >= 11 is 1.64. The first-order chi connectivity index (χ1) is 20.0. The quantitative estimate of drug-likeness (QED) is 0.183. The van der Waals surface area contributed by atoms with E-state index in [2.05, 4.69) is 34.7 Å². The molecule has 0 saturated carbocycles. The standard InChI is InChI=1S/C33H28N4O3S/c1-21-11-16-28-30(17-21)41-32(36-28)23-12-14-25(15-13-23)35-31(38)29(18-24-19-34-27-10-6-5-9-26(24)27)37-33(39)40-20-22-7-3-2-4-8-22/h2-17,19,29,34H,18,20H2,1H3,(H,35,38)(H,37,39)/t29-/m1/s1. The van der Waals surface area contributed by atoms with Crippen LogP contribution in [0.25, 0.3) is 31.7 Å². The zero-order chi connectivity index (χ0) is 28.2. The molecule has 4 aromatic carbocycles. The molecule has 0 fully saturated rings. The minimum absolute atomic E-state index is 0.112. The van der Waals surface area contributed by atoms with Gasteiger partial charge in [-0.15, -0.1) is 11.3 Å². The van der Waals surface area contributed by atoms with Crippen molar-refractivity contribution < 1.29 is 14.3 Å². The Morgan fingerprint density at radius 1 is 0.951 bits per heavy atom. The second-order valence-electron chi connectivity index (χ2n) is 9.88. The molecule has 0 unspecified atom stereocenters. The number of aryl methyl sites for hydroxylation is 1. The summed E-state index contributed by atoms with van der Waals surface area (Å²) in [6.07, 6.45) is 1.51. The Balaban J connectivity index is 1.18. The van der Waals surface area contributed by atoms with Crippen LogP contribution in [0.4, 0.5) is 10.5 Å². The van der Waals surface area contributed by atoms with E-state index in [4.69, 9.17) is 9.72 Å². The Hall–Kier alpha value is -4.95. The minimum atomic E-state index is -0.857. The van der Waals surface area contributed by atoms with Gasteiger partial charge in [0.15, 0.2) is 0 Å². The van der Waals surface area contributed by atoms with Crippen LogP contribution in [0.2, 0.25) is 0 Å². The summed E-state index contributed by atoms with van der Waals surface area (Å²) in [6.45, 7) is 2.18. The van der Waals surface area contributed by atoms with Crippen molar-refractivity contribution in [3.8, 4) is 10.6 Å². The summed E-state index contributed by atoms with van der Waals surface area (Å²) in [6, 6.07) is 30.2. The third-order valence-electron chi connectivity index (χ3n) is 6.86. The highest BCUT2D eigenvalue weighted by molar-refractivity contribution is 7.21. The van der Waals surface area contributed by atoms with E-state index in [1.807, 2.05) is 91.1 Å². The predicted octanol–water partition coefficient (Wildman–Crippen LogP) is 7.23. The minimum Gasteiger partial charge on any atom is -0.445 e. The van der Waals surface area contributed by atoms with Crippen molar-refractivity contribution in [3.63, 3.8) is 0 Å². The number of hydrogen-bond donors (Lipinski definition) is 3. The van der Waals surface area contributed by atoms with E-state index < -0.39 is 12.1 Å². The number of H-pyrrole nitrogens is 1. The van der Waals surface area contributed by atoms with Crippen LogP contribution >= 0.6 is 11.3 Å². The molecule has 2 aromatic heterocycles. The van der Waals surface area contributed by atoms with Crippen molar-refractivity contribution >= 4 is 50.1 Å². The van der Waals surface area contributed by atoms with Gasteiger partial charge >= 0.3 is 6.09 Å².